The van der Waals surface area contributed by atoms with Gasteiger partial charge in [-0.05, 0) is 74.5 Å². The van der Waals surface area contributed by atoms with E-state index in [9.17, 15) is 9.50 Å². The Kier molecular flexibility index (Phi) is 8.12. The first kappa shape index (κ1) is 31.0. The number of likely N-dealkylation sites (tertiary alicyclic amines) is 2. The van der Waals surface area contributed by atoms with Gasteiger partial charge < -0.3 is 14.7 Å². The summed E-state index contributed by atoms with van der Waals surface area (Å²) in [7, 11) is 0. The highest BCUT2D eigenvalue weighted by molar-refractivity contribution is 5.73. The Labute approximate surface area is 276 Å². The summed E-state index contributed by atoms with van der Waals surface area (Å²) in [5, 5.41) is 18.6. The molecule has 1 N–H and O–H groups in total. The van der Waals surface area contributed by atoms with Gasteiger partial charge >= 0.3 is 0 Å². The first-order valence-electron chi connectivity index (χ1n) is 17.6. The van der Waals surface area contributed by atoms with E-state index in [2.05, 4.69) is 60.6 Å². The van der Waals surface area contributed by atoms with Gasteiger partial charge in [0.1, 0.15) is 24.2 Å². The largest absolute Gasteiger partial charge is 0.434 e. The van der Waals surface area contributed by atoms with E-state index in [1.54, 1.807) is 18.6 Å². The molecule has 3 atom stereocenters. The lowest BCUT2D eigenvalue weighted by atomic mass is 9.67. The normalized spacial score (nSPS) is 28.3. The molecule has 47 heavy (non-hydrogen) atoms. The highest BCUT2D eigenvalue weighted by Gasteiger charge is 2.53. The fourth-order valence-electron chi connectivity index (χ4n) is 9.04. The minimum Gasteiger partial charge on any atom is -0.434 e. The number of anilines is 1. The summed E-state index contributed by atoms with van der Waals surface area (Å²) >= 11 is 0. The molecule has 11 heteroatoms. The molecular weight excluding hydrogens is 595 g/mol. The van der Waals surface area contributed by atoms with Gasteiger partial charge in [0.2, 0.25) is 0 Å². The summed E-state index contributed by atoms with van der Waals surface area (Å²) in [5.41, 5.74) is 2.57. The zero-order valence-corrected chi connectivity index (χ0v) is 27.8. The van der Waals surface area contributed by atoms with Crippen molar-refractivity contribution in [3.05, 3.63) is 48.6 Å². The molecule has 2 aliphatic carbocycles. The molecule has 5 fully saturated rings. The van der Waals surface area contributed by atoms with Gasteiger partial charge in [0.05, 0.1) is 11.8 Å². The van der Waals surface area contributed by atoms with Crippen LogP contribution in [0.2, 0.25) is 0 Å². The van der Waals surface area contributed by atoms with E-state index in [4.69, 9.17) is 4.74 Å². The SMILES string of the molecule is CC1CN(C2CC([C@H](C(C)C)N3CC4(CCN(c5ncnnc5Oc5ccc(F)cc5-c5cncnc5C5CC5)C4)C3)C2)CCC1O. The van der Waals surface area contributed by atoms with Gasteiger partial charge in [0, 0.05) is 80.0 Å². The Bertz CT molecular complexity index is 1590. The molecule has 3 saturated heterocycles. The Morgan fingerprint density at radius 3 is 2.62 bits per heavy atom. The van der Waals surface area contributed by atoms with Crippen molar-refractivity contribution in [2.75, 3.05) is 44.2 Å². The zero-order valence-electron chi connectivity index (χ0n) is 27.8. The number of piperidine rings is 1. The summed E-state index contributed by atoms with van der Waals surface area (Å²) in [6, 6.07) is 5.83. The van der Waals surface area contributed by atoms with E-state index in [-0.39, 0.29) is 17.3 Å². The minimum atomic E-state index is -0.343. The molecule has 8 rings (SSSR count). The van der Waals surface area contributed by atoms with E-state index in [1.807, 2.05) is 0 Å². The molecule has 0 amide bonds. The monoisotopic (exact) mass is 642 g/mol. The van der Waals surface area contributed by atoms with Gasteiger partial charge in [-0.2, -0.15) is 0 Å². The maximum absolute atomic E-state index is 14.6. The molecule has 2 saturated carbocycles. The Morgan fingerprint density at radius 1 is 1.02 bits per heavy atom. The molecule has 5 heterocycles. The first-order valence-corrected chi connectivity index (χ1v) is 17.6. The topological polar surface area (TPSA) is 104 Å². The summed E-state index contributed by atoms with van der Waals surface area (Å²) in [6.07, 6.45) is 11.4. The van der Waals surface area contributed by atoms with Crippen molar-refractivity contribution < 1.29 is 14.2 Å². The summed E-state index contributed by atoms with van der Waals surface area (Å²) in [5.74, 6) is 3.26. The lowest BCUT2D eigenvalue weighted by molar-refractivity contribution is -0.0879. The lowest BCUT2D eigenvalue weighted by Crippen LogP contribution is -2.65. The first-order chi connectivity index (χ1) is 22.8. The number of aliphatic hydroxyl groups is 1. The third-order valence-electron chi connectivity index (χ3n) is 11.7. The third-order valence-corrected chi connectivity index (χ3v) is 11.7. The molecule has 250 valence electrons. The van der Waals surface area contributed by atoms with Crippen molar-refractivity contribution in [2.24, 2.45) is 23.2 Å². The van der Waals surface area contributed by atoms with Crippen LogP contribution in [0.3, 0.4) is 0 Å². The van der Waals surface area contributed by atoms with Crippen LogP contribution in [0.5, 0.6) is 11.6 Å². The van der Waals surface area contributed by atoms with E-state index in [0.29, 0.717) is 52.8 Å². The van der Waals surface area contributed by atoms with Crippen molar-refractivity contribution in [1.82, 2.24) is 34.9 Å². The fraction of sp³-hybridized carbons (Fsp3) is 0.639. The molecule has 2 aromatic heterocycles. The number of ether oxygens (including phenoxy) is 1. The highest BCUT2D eigenvalue weighted by Crippen LogP contribution is 2.49. The second-order valence-corrected chi connectivity index (χ2v) is 15.5. The smallest absolute Gasteiger partial charge is 0.282 e. The van der Waals surface area contributed by atoms with Gasteiger partial charge in [-0.1, -0.05) is 20.8 Å². The van der Waals surface area contributed by atoms with E-state index in [1.165, 1.54) is 31.3 Å². The van der Waals surface area contributed by atoms with Crippen LogP contribution in [-0.2, 0) is 0 Å². The summed E-state index contributed by atoms with van der Waals surface area (Å²) in [4.78, 5) is 21.1. The van der Waals surface area contributed by atoms with Gasteiger partial charge in [0.25, 0.3) is 5.88 Å². The predicted octanol–water partition coefficient (Wildman–Crippen LogP) is 5.16. The van der Waals surface area contributed by atoms with E-state index < -0.39 is 0 Å². The van der Waals surface area contributed by atoms with Gasteiger partial charge in [-0.15, -0.1) is 10.2 Å². The maximum Gasteiger partial charge on any atom is 0.282 e. The van der Waals surface area contributed by atoms with Gasteiger partial charge in [0.15, 0.2) is 5.82 Å². The van der Waals surface area contributed by atoms with Crippen LogP contribution in [0.1, 0.15) is 70.9 Å². The van der Waals surface area contributed by atoms with Crippen LogP contribution < -0.4 is 9.64 Å². The molecule has 0 radical (unpaired) electrons. The fourth-order valence-corrected chi connectivity index (χ4v) is 9.04. The lowest BCUT2D eigenvalue weighted by Gasteiger charge is -2.58. The maximum atomic E-state index is 14.6. The van der Waals surface area contributed by atoms with E-state index >= 15 is 0 Å². The molecule has 1 spiro atoms. The number of benzene rings is 1. The number of halogens is 1. The molecule has 10 nitrogen and oxygen atoms in total. The second-order valence-electron chi connectivity index (χ2n) is 15.5. The standard InChI is InChI=1S/C36H47FN8O2/c1-22(2)33(25-12-27(13-25)43-10-8-30(46)23(3)16-43)45-18-36(19-45)9-11-44(17-36)34-35(42-41-21-40-34)47-31-7-6-26(37)14-28(31)29-15-38-20-39-32(29)24-4-5-24/h6-7,14-15,20-25,27,30,33,46H,4-5,8-13,16-19H2,1-3H3/t23?,25?,27?,30?,33-/m0/s1. The van der Waals surface area contributed by atoms with Crippen molar-refractivity contribution >= 4 is 5.82 Å². The number of hydrogen-bond acceptors (Lipinski definition) is 10. The molecule has 1 aromatic carbocycles. The number of aromatic nitrogens is 5. The van der Waals surface area contributed by atoms with Crippen molar-refractivity contribution in [1.29, 1.82) is 0 Å². The van der Waals surface area contributed by atoms with Crippen molar-refractivity contribution in [3.8, 4) is 22.8 Å². The van der Waals surface area contributed by atoms with Crippen LogP contribution in [0.25, 0.3) is 11.1 Å². The van der Waals surface area contributed by atoms with Crippen LogP contribution in [-0.4, -0.2) is 97.5 Å². The van der Waals surface area contributed by atoms with Crippen LogP contribution >= 0.6 is 0 Å². The Balaban J connectivity index is 0.938. The van der Waals surface area contributed by atoms with Crippen LogP contribution in [0.4, 0.5) is 10.2 Å². The number of hydrogen-bond donors (Lipinski definition) is 1. The number of rotatable bonds is 9. The van der Waals surface area contributed by atoms with Crippen molar-refractivity contribution in [2.45, 2.75) is 83.4 Å². The Morgan fingerprint density at radius 2 is 1.85 bits per heavy atom. The van der Waals surface area contributed by atoms with Crippen LogP contribution in [0, 0.1) is 29.0 Å². The Hall–Kier alpha value is -3.28. The molecule has 5 aliphatic rings. The van der Waals surface area contributed by atoms with Gasteiger partial charge in [-0.3, -0.25) is 9.80 Å². The molecular formula is C36H47FN8O2. The van der Waals surface area contributed by atoms with Crippen molar-refractivity contribution in [3.63, 3.8) is 0 Å². The molecule has 3 aliphatic heterocycles. The number of nitrogens with zero attached hydrogens (tertiary/aromatic N) is 8. The molecule has 0 bridgehead atoms. The third kappa shape index (κ3) is 5.99. The van der Waals surface area contributed by atoms with Gasteiger partial charge in [-0.25, -0.2) is 19.3 Å². The minimum absolute atomic E-state index is 0.139. The number of aliphatic hydroxyl groups excluding tert-OH is 1. The van der Waals surface area contributed by atoms with Crippen LogP contribution in [0.15, 0.2) is 37.1 Å². The average Bonchev–Trinajstić information content (AvgIpc) is 3.78. The van der Waals surface area contributed by atoms with E-state index in [0.717, 1.165) is 82.1 Å². The second kappa shape index (κ2) is 12.3. The molecule has 2 unspecified atom stereocenters. The summed E-state index contributed by atoms with van der Waals surface area (Å²) < 4.78 is 21.0. The highest BCUT2D eigenvalue weighted by atomic mass is 19.1. The predicted molar refractivity (Wildman–Crippen MR) is 177 cm³/mol. The zero-order chi connectivity index (χ0) is 32.3. The quantitative estimate of drug-likeness (QED) is 0.337. The molecule has 3 aromatic rings. The average molecular weight is 643 g/mol. The summed E-state index contributed by atoms with van der Waals surface area (Å²) in [6.45, 7) is 13.0.